The lowest BCUT2D eigenvalue weighted by molar-refractivity contribution is 0.251. The second-order valence-electron chi connectivity index (χ2n) is 5.08. The average Bonchev–Trinajstić information content (AvgIpc) is 3.14. The molecule has 11 heteroatoms. The van der Waals surface area contributed by atoms with Gasteiger partial charge in [0.1, 0.15) is 6.07 Å². The van der Waals surface area contributed by atoms with Gasteiger partial charge in [-0.2, -0.15) is 5.26 Å². The zero-order chi connectivity index (χ0) is 19.1. The Balaban J connectivity index is 1.58. The van der Waals surface area contributed by atoms with Crippen molar-refractivity contribution in [2.45, 2.75) is 15.8 Å². The highest BCUT2D eigenvalue weighted by Gasteiger charge is 2.12. The average molecular weight is 399 g/mol. The van der Waals surface area contributed by atoms with Crippen LogP contribution in [0, 0.1) is 11.3 Å². The first-order valence-electron chi connectivity index (χ1n) is 7.57. The van der Waals surface area contributed by atoms with Crippen LogP contribution in [0.5, 0.6) is 0 Å². The smallest absolute Gasteiger partial charge is 0.321 e. The van der Waals surface area contributed by atoms with Crippen LogP contribution in [0.15, 0.2) is 52.0 Å². The Bertz CT molecular complexity index is 972. The summed E-state index contributed by atoms with van der Waals surface area (Å²) >= 11 is 2.44. The monoisotopic (exact) mass is 399 g/mol. The second kappa shape index (κ2) is 8.95. The highest BCUT2D eigenvalue weighted by atomic mass is 32.2. The van der Waals surface area contributed by atoms with Crippen LogP contribution in [0.3, 0.4) is 0 Å². The van der Waals surface area contributed by atoms with E-state index in [-0.39, 0.29) is 0 Å². The molecule has 2 heterocycles. The Morgan fingerprint density at radius 2 is 2.22 bits per heavy atom. The van der Waals surface area contributed by atoms with Crippen LogP contribution in [0.1, 0.15) is 11.1 Å². The number of nitrogens with one attached hydrogen (secondary N) is 3. The molecule has 3 rings (SSSR count). The van der Waals surface area contributed by atoms with Crippen molar-refractivity contribution in [2.75, 3.05) is 10.8 Å². The van der Waals surface area contributed by atoms with Crippen molar-refractivity contribution in [1.29, 1.82) is 5.26 Å². The molecular weight excluding hydrogens is 386 g/mol. The molecule has 0 aliphatic heterocycles. The zero-order valence-corrected chi connectivity index (χ0v) is 15.3. The number of hydrogen-bond acceptors (Lipinski definition) is 9. The number of carbonyl (C=O) groups is 1. The molecule has 0 aliphatic carbocycles. The third-order valence-corrected chi connectivity index (χ3v) is 5.19. The first-order chi connectivity index (χ1) is 13.2. The number of benzene rings is 1. The Hall–Kier alpha value is -3.20. The molecule has 0 bridgehead atoms. The number of carbonyl (C=O) groups excluding carboxylic acids is 1. The zero-order valence-electron chi connectivity index (χ0n) is 13.7. The number of aromatic nitrogens is 3. The lowest BCUT2D eigenvalue weighted by Crippen LogP contribution is -2.28. The van der Waals surface area contributed by atoms with Gasteiger partial charge in [-0.3, -0.25) is 21.0 Å². The van der Waals surface area contributed by atoms with Gasteiger partial charge in [-0.05, 0) is 29.8 Å². The van der Waals surface area contributed by atoms with Crippen LogP contribution < -0.4 is 16.1 Å². The van der Waals surface area contributed by atoms with Gasteiger partial charge in [-0.15, -0.1) is 10.2 Å². The summed E-state index contributed by atoms with van der Waals surface area (Å²) in [5.41, 5.74) is 3.68. The summed E-state index contributed by atoms with van der Waals surface area (Å²) in [6, 6.07) is 10.2. The standard InChI is InChI=1S/C16H13N7O2S2/c17-7-11-6-12(23-25)3-4-13(11)26-16-22-21-15(27-16)20-14(24)19-9-10-2-1-5-18-8-10/h1-6,8,23,25H,9H2,(H2,19,20,21,24). The maximum Gasteiger partial charge on any atom is 0.321 e. The minimum Gasteiger partial charge on any atom is -0.334 e. The lowest BCUT2D eigenvalue weighted by atomic mass is 10.2. The lowest BCUT2D eigenvalue weighted by Gasteiger charge is -2.04. The molecule has 136 valence electrons. The molecule has 1 aromatic carbocycles. The fraction of sp³-hybridized carbons (Fsp3) is 0.0625. The van der Waals surface area contributed by atoms with Gasteiger partial charge < -0.3 is 5.32 Å². The molecule has 9 nitrogen and oxygen atoms in total. The molecule has 0 spiro atoms. The highest BCUT2D eigenvalue weighted by Crippen LogP contribution is 2.34. The van der Waals surface area contributed by atoms with Gasteiger partial charge in [-0.1, -0.05) is 29.2 Å². The normalized spacial score (nSPS) is 10.1. The largest absolute Gasteiger partial charge is 0.334 e. The first-order valence-corrected chi connectivity index (χ1v) is 9.20. The molecule has 27 heavy (non-hydrogen) atoms. The molecule has 0 unspecified atom stereocenters. The highest BCUT2D eigenvalue weighted by molar-refractivity contribution is 8.01. The molecule has 0 saturated heterocycles. The number of nitriles is 1. The van der Waals surface area contributed by atoms with Crippen LogP contribution >= 0.6 is 23.1 Å². The molecule has 0 aliphatic rings. The van der Waals surface area contributed by atoms with E-state index in [0.29, 0.717) is 32.2 Å². The summed E-state index contributed by atoms with van der Waals surface area (Å²) < 4.78 is 0.568. The van der Waals surface area contributed by atoms with Crippen LogP contribution in [-0.4, -0.2) is 26.4 Å². The van der Waals surface area contributed by atoms with E-state index < -0.39 is 6.03 Å². The van der Waals surface area contributed by atoms with Crippen LogP contribution in [0.25, 0.3) is 0 Å². The fourth-order valence-electron chi connectivity index (χ4n) is 2.00. The minimum absolute atomic E-state index is 0.341. The molecule has 0 fully saturated rings. The third-order valence-electron chi connectivity index (χ3n) is 3.23. The van der Waals surface area contributed by atoms with Crippen LogP contribution in [0.4, 0.5) is 15.6 Å². The van der Waals surface area contributed by atoms with Crippen molar-refractivity contribution in [3.63, 3.8) is 0 Å². The van der Waals surface area contributed by atoms with Crippen molar-refractivity contribution < 1.29 is 10.0 Å². The van der Waals surface area contributed by atoms with Crippen molar-refractivity contribution in [2.24, 2.45) is 0 Å². The molecule has 0 saturated carbocycles. The predicted octanol–water partition coefficient (Wildman–Crippen LogP) is 3.08. The Morgan fingerprint density at radius 1 is 1.33 bits per heavy atom. The summed E-state index contributed by atoms with van der Waals surface area (Å²) in [5, 5.41) is 31.7. The van der Waals surface area contributed by atoms with Crippen LogP contribution in [-0.2, 0) is 6.54 Å². The molecular formula is C16H13N7O2S2. The SMILES string of the molecule is N#Cc1cc(NO)ccc1Sc1nnc(NC(=O)NCc2cccnc2)s1. The van der Waals surface area contributed by atoms with E-state index in [1.165, 1.54) is 29.2 Å². The Morgan fingerprint density at radius 3 is 2.96 bits per heavy atom. The summed E-state index contributed by atoms with van der Waals surface area (Å²) in [4.78, 5) is 16.6. The van der Waals surface area contributed by atoms with Crippen molar-refractivity contribution in [3.8, 4) is 6.07 Å². The number of pyridine rings is 1. The van der Waals surface area contributed by atoms with E-state index in [9.17, 15) is 10.1 Å². The van der Waals surface area contributed by atoms with E-state index >= 15 is 0 Å². The number of amides is 2. The fourth-order valence-corrected chi connectivity index (χ4v) is 3.76. The van der Waals surface area contributed by atoms with Gasteiger partial charge in [-0.25, -0.2) is 4.79 Å². The van der Waals surface area contributed by atoms with E-state index in [1.54, 1.807) is 30.6 Å². The van der Waals surface area contributed by atoms with Crippen molar-refractivity contribution in [3.05, 3.63) is 53.9 Å². The number of anilines is 2. The number of urea groups is 1. The third kappa shape index (κ3) is 5.14. The molecule has 0 atom stereocenters. The minimum atomic E-state index is -0.400. The van der Waals surface area contributed by atoms with E-state index in [0.717, 1.165) is 5.56 Å². The van der Waals surface area contributed by atoms with E-state index in [4.69, 9.17) is 5.21 Å². The predicted molar refractivity (Wildman–Crippen MR) is 101 cm³/mol. The summed E-state index contributed by atoms with van der Waals surface area (Å²) in [6.07, 6.45) is 3.33. The second-order valence-corrected chi connectivity index (χ2v) is 7.35. The Kier molecular flexibility index (Phi) is 6.16. The van der Waals surface area contributed by atoms with Gasteiger partial charge in [0.05, 0.1) is 11.3 Å². The maximum absolute atomic E-state index is 11.9. The van der Waals surface area contributed by atoms with Gasteiger partial charge >= 0.3 is 6.03 Å². The first kappa shape index (κ1) is 18.6. The summed E-state index contributed by atoms with van der Waals surface area (Å²) in [7, 11) is 0. The maximum atomic E-state index is 11.9. The summed E-state index contributed by atoms with van der Waals surface area (Å²) in [5.74, 6) is 0. The molecule has 0 radical (unpaired) electrons. The van der Waals surface area contributed by atoms with Crippen molar-refractivity contribution >= 4 is 39.9 Å². The molecule has 2 amide bonds. The molecule has 4 N–H and O–H groups in total. The molecule has 3 aromatic rings. The van der Waals surface area contributed by atoms with E-state index in [1.807, 2.05) is 11.5 Å². The topological polar surface area (TPSA) is 136 Å². The quantitative estimate of drug-likeness (QED) is 0.367. The van der Waals surface area contributed by atoms with Gasteiger partial charge in [0.2, 0.25) is 5.13 Å². The van der Waals surface area contributed by atoms with Crippen molar-refractivity contribution in [1.82, 2.24) is 20.5 Å². The van der Waals surface area contributed by atoms with Gasteiger partial charge in [0.25, 0.3) is 0 Å². The van der Waals surface area contributed by atoms with Gasteiger partial charge in [0.15, 0.2) is 4.34 Å². The van der Waals surface area contributed by atoms with Gasteiger partial charge in [0, 0.05) is 23.8 Å². The van der Waals surface area contributed by atoms with Crippen LogP contribution in [0.2, 0.25) is 0 Å². The summed E-state index contributed by atoms with van der Waals surface area (Å²) in [6.45, 7) is 0.344. The van der Waals surface area contributed by atoms with E-state index in [2.05, 4.69) is 31.9 Å². The molecule has 2 aromatic heterocycles. The number of nitrogens with zero attached hydrogens (tertiary/aromatic N) is 4. The number of hydrogen-bond donors (Lipinski definition) is 4. The Labute approximate surface area is 162 Å². The number of rotatable bonds is 6.